The third kappa shape index (κ3) is 3.91. The van der Waals surface area contributed by atoms with Crippen molar-refractivity contribution in [2.24, 2.45) is 0 Å². The number of amides is 2. The molecule has 2 aromatic rings. The molecule has 0 spiro atoms. The Morgan fingerprint density at radius 2 is 1.88 bits per heavy atom. The second kappa shape index (κ2) is 8.10. The van der Waals surface area contributed by atoms with Crippen LogP contribution in [-0.2, 0) is 16.0 Å². The first-order chi connectivity index (χ1) is 12.6. The predicted octanol–water partition coefficient (Wildman–Crippen LogP) is 1.66. The second-order valence-corrected chi connectivity index (χ2v) is 6.17. The summed E-state index contributed by atoms with van der Waals surface area (Å²) < 4.78 is 19.0. The molecule has 1 aliphatic rings. The van der Waals surface area contributed by atoms with E-state index >= 15 is 0 Å². The highest BCUT2D eigenvalue weighted by Gasteiger charge is 2.42. The summed E-state index contributed by atoms with van der Waals surface area (Å²) in [6.45, 7) is 2.99. The molecule has 2 amide bonds. The number of rotatable bonds is 7. The lowest BCUT2D eigenvalue weighted by atomic mass is 10.1. The normalized spacial score (nSPS) is 17.0. The van der Waals surface area contributed by atoms with Crippen molar-refractivity contribution in [2.45, 2.75) is 25.8 Å². The van der Waals surface area contributed by atoms with E-state index in [-0.39, 0.29) is 24.1 Å². The molecular formula is C20H22FN2O3+. The molecule has 0 saturated carbocycles. The van der Waals surface area contributed by atoms with Gasteiger partial charge in [-0.3, -0.25) is 9.59 Å². The number of ether oxygens (including phenoxy) is 1. The van der Waals surface area contributed by atoms with Gasteiger partial charge in [-0.2, -0.15) is 0 Å². The van der Waals surface area contributed by atoms with Gasteiger partial charge in [0.15, 0.2) is 6.04 Å². The molecule has 0 aliphatic carbocycles. The predicted molar refractivity (Wildman–Crippen MR) is 95.4 cm³/mol. The number of benzene rings is 2. The zero-order valence-electron chi connectivity index (χ0n) is 14.7. The molecule has 0 unspecified atom stereocenters. The van der Waals surface area contributed by atoms with Crippen molar-refractivity contribution in [1.82, 2.24) is 0 Å². The maximum absolute atomic E-state index is 13.6. The van der Waals surface area contributed by atoms with E-state index in [1.165, 1.54) is 11.0 Å². The minimum Gasteiger partial charge on any atom is -0.494 e. The molecule has 1 atom stereocenters. The van der Waals surface area contributed by atoms with Gasteiger partial charge in [0, 0.05) is 6.42 Å². The highest BCUT2D eigenvalue weighted by Crippen LogP contribution is 2.24. The molecule has 0 aromatic heterocycles. The number of imide groups is 1. The molecule has 2 aromatic carbocycles. The summed E-state index contributed by atoms with van der Waals surface area (Å²) in [6.07, 6.45) is 0.664. The molecular weight excluding hydrogens is 335 g/mol. The van der Waals surface area contributed by atoms with E-state index in [4.69, 9.17) is 4.74 Å². The molecule has 1 heterocycles. The Hall–Kier alpha value is -2.73. The summed E-state index contributed by atoms with van der Waals surface area (Å²) in [6, 6.07) is 13.0. The summed E-state index contributed by atoms with van der Waals surface area (Å²) in [7, 11) is 0. The first kappa shape index (κ1) is 18.1. The Morgan fingerprint density at radius 3 is 2.58 bits per heavy atom. The molecule has 1 aliphatic heterocycles. The third-order valence-corrected chi connectivity index (χ3v) is 4.41. The average Bonchev–Trinajstić information content (AvgIpc) is 2.91. The number of hydrogen-bond acceptors (Lipinski definition) is 3. The summed E-state index contributed by atoms with van der Waals surface area (Å²) in [5.41, 5.74) is 1.16. The Bertz CT molecular complexity index is 792. The van der Waals surface area contributed by atoms with Crippen LogP contribution in [0.15, 0.2) is 48.5 Å². The van der Waals surface area contributed by atoms with Crippen LogP contribution in [0.4, 0.5) is 10.1 Å². The van der Waals surface area contributed by atoms with Gasteiger partial charge >= 0.3 is 0 Å². The smallest absolute Gasteiger partial charge is 0.292 e. The van der Waals surface area contributed by atoms with Crippen LogP contribution in [0.2, 0.25) is 0 Å². The van der Waals surface area contributed by atoms with Crippen molar-refractivity contribution in [3.05, 3.63) is 59.9 Å². The van der Waals surface area contributed by atoms with Crippen molar-refractivity contribution in [3.63, 3.8) is 0 Å². The maximum atomic E-state index is 13.6. The number of quaternary nitrogens is 1. The molecule has 136 valence electrons. The third-order valence-electron chi connectivity index (χ3n) is 4.41. The van der Waals surface area contributed by atoms with Crippen LogP contribution in [0.25, 0.3) is 0 Å². The Labute approximate surface area is 151 Å². The van der Waals surface area contributed by atoms with Crippen LogP contribution >= 0.6 is 0 Å². The molecule has 0 bridgehead atoms. The van der Waals surface area contributed by atoms with Crippen molar-refractivity contribution >= 4 is 17.5 Å². The van der Waals surface area contributed by atoms with Crippen molar-refractivity contribution < 1.29 is 24.0 Å². The summed E-state index contributed by atoms with van der Waals surface area (Å²) in [5, 5.41) is 1.82. The summed E-state index contributed by atoms with van der Waals surface area (Å²) in [4.78, 5) is 26.1. The van der Waals surface area contributed by atoms with Crippen LogP contribution < -0.4 is 15.0 Å². The molecule has 2 N–H and O–H groups in total. The lowest BCUT2D eigenvalue weighted by Gasteiger charge is -2.15. The number of nitrogens with zero attached hydrogens (tertiary/aromatic N) is 1. The van der Waals surface area contributed by atoms with Crippen LogP contribution in [0.3, 0.4) is 0 Å². The minimum absolute atomic E-state index is 0.156. The van der Waals surface area contributed by atoms with Crippen molar-refractivity contribution in [3.8, 4) is 5.75 Å². The van der Waals surface area contributed by atoms with Gasteiger partial charge in [0.05, 0.1) is 25.3 Å². The van der Waals surface area contributed by atoms with Crippen LogP contribution in [-0.4, -0.2) is 31.0 Å². The van der Waals surface area contributed by atoms with E-state index in [2.05, 4.69) is 0 Å². The monoisotopic (exact) mass is 357 g/mol. The molecule has 1 saturated heterocycles. The van der Waals surface area contributed by atoms with Crippen molar-refractivity contribution in [2.75, 3.05) is 18.1 Å². The minimum atomic E-state index is -0.458. The van der Waals surface area contributed by atoms with Gasteiger partial charge in [-0.15, -0.1) is 0 Å². The second-order valence-electron chi connectivity index (χ2n) is 6.17. The highest BCUT2D eigenvalue weighted by atomic mass is 19.1. The van der Waals surface area contributed by atoms with E-state index in [9.17, 15) is 14.0 Å². The van der Waals surface area contributed by atoms with E-state index in [0.29, 0.717) is 36.6 Å². The standard InChI is InChI=1S/C20H21FN2O3/c1-2-26-16-9-7-15(8-10-16)23-19(24)13-18(20(23)25)22-12-11-14-5-3-4-6-17(14)21/h3-10,18,22H,2,11-13H2,1H3/p+1/t18-/m1/s1. The van der Waals surface area contributed by atoms with Gasteiger partial charge in [0.25, 0.3) is 5.91 Å². The Kier molecular flexibility index (Phi) is 5.63. The first-order valence-corrected chi connectivity index (χ1v) is 8.76. The number of hydrogen-bond donors (Lipinski definition) is 1. The van der Waals surface area contributed by atoms with E-state index in [0.717, 1.165) is 0 Å². The van der Waals surface area contributed by atoms with Crippen LogP contribution in [0, 0.1) is 5.82 Å². The van der Waals surface area contributed by atoms with Gasteiger partial charge in [-0.1, -0.05) is 18.2 Å². The average molecular weight is 357 g/mol. The SMILES string of the molecule is CCOc1ccc(N2C(=O)C[C@@H]([NH2+]CCc3ccccc3F)C2=O)cc1. The fourth-order valence-corrected chi connectivity index (χ4v) is 3.11. The lowest BCUT2D eigenvalue weighted by molar-refractivity contribution is -0.674. The van der Waals surface area contributed by atoms with Gasteiger partial charge in [-0.05, 0) is 42.8 Å². The van der Waals surface area contributed by atoms with E-state index in [1.54, 1.807) is 42.5 Å². The van der Waals surface area contributed by atoms with Gasteiger partial charge in [0.1, 0.15) is 11.6 Å². The molecule has 26 heavy (non-hydrogen) atoms. The number of nitrogens with two attached hydrogens (primary N) is 1. The quantitative estimate of drug-likeness (QED) is 0.767. The molecule has 5 nitrogen and oxygen atoms in total. The maximum Gasteiger partial charge on any atom is 0.292 e. The number of carbonyl (C=O) groups excluding carboxylic acids is 2. The fraction of sp³-hybridized carbons (Fsp3) is 0.300. The Morgan fingerprint density at radius 1 is 1.15 bits per heavy atom. The molecule has 0 radical (unpaired) electrons. The number of anilines is 1. The van der Waals surface area contributed by atoms with Crippen LogP contribution in [0.5, 0.6) is 5.75 Å². The number of carbonyl (C=O) groups is 2. The summed E-state index contributed by atoms with van der Waals surface area (Å²) in [5.74, 6) is 0.00748. The first-order valence-electron chi connectivity index (χ1n) is 8.76. The summed E-state index contributed by atoms with van der Waals surface area (Å²) >= 11 is 0. The molecule has 1 fully saturated rings. The van der Waals surface area contributed by atoms with Gasteiger partial charge in [-0.25, -0.2) is 9.29 Å². The lowest BCUT2D eigenvalue weighted by Crippen LogP contribution is -2.92. The Balaban J connectivity index is 1.60. The van der Waals surface area contributed by atoms with Crippen molar-refractivity contribution in [1.29, 1.82) is 0 Å². The van der Waals surface area contributed by atoms with E-state index < -0.39 is 6.04 Å². The topological polar surface area (TPSA) is 63.2 Å². The largest absolute Gasteiger partial charge is 0.494 e. The van der Waals surface area contributed by atoms with Gasteiger partial charge in [0.2, 0.25) is 5.91 Å². The molecule has 3 rings (SSSR count). The zero-order valence-corrected chi connectivity index (χ0v) is 14.7. The number of halogens is 1. The highest BCUT2D eigenvalue weighted by molar-refractivity contribution is 6.21. The van der Waals surface area contributed by atoms with Gasteiger partial charge < -0.3 is 10.1 Å². The van der Waals surface area contributed by atoms with Crippen LogP contribution in [0.1, 0.15) is 18.9 Å². The molecule has 6 heteroatoms. The fourth-order valence-electron chi connectivity index (χ4n) is 3.11. The van der Waals surface area contributed by atoms with E-state index in [1.807, 2.05) is 12.2 Å². The zero-order chi connectivity index (χ0) is 18.5.